The molecule has 0 radical (unpaired) electrons. The summed E-state index contributed by atoms with van der Waals surface area (Å²) >= 11 is 11.3. The van der Waals surface area contributed by atoms with Crippen LogP contribution < -0.4 is 0 Å². The van der Waals surface area contributed by atoms with E-state index in [1.807, 2.05) is 6.08 Å². The van der Waals surface area contributed by atoms with Crippen molar-refractivity contribution in [2.24, 2.45) is 0 Å². The first-order chi connectivity index (χ1) is 3.68. The Bertz CT molecular complexity index is 72.8. The van der Waals surface area contributed by atoms with Crippen molar-refractivity contribution in [3.63, 3.8) is 0 Å². The van der Waals surface area contributed by atoms with Crippen LogP contribution in [-0.4, -0.2) is 7.42 Å². The Labute approximate surface area is 61.5 Å². The lowest BCUT2D eigenvalue weighted by molar-refractivity contribution is 0.946. The summed E-state index contributed by atoms with van der Waals surface area (Å²) < 4.78 is 0. The summed E-state index contributed by atoms with van der Waals surface area (Å²) in [4.78, 5) is 0. The van der Waals surface area contributed by atoms with E-state index in [1.54, 1.807) is 0 Å². The Hall–Kier alpha value is 0.537. The number of halogens is 2. The van der Waals surface area contributed by atoms with Crippen LogP contribution in [0.1, 0.15) is 13.3 Å². The molecule has 0 heterocycles. The van der Waals surface area contributed by atoms with Gasteiger partial charge in [0.25, 0.3) is 0 Å². The molecule has 0 bridgehead atoms. The van der Waals surface area contributed by atoms with Crippen molar-refractivity contribution in [1.82, 2.24) is 0 Å². The van der Waals surface area contributed by atoms with E-state index in [2.05, 4.69) is 13.5 Å². The number of allylic oxidation sites excluding steroid dienone is 1. The molecule has 3 heteroatoms. The molecule has 0 fully saturated rings. The third-order valence-electron chi connectivity index (χ3n) is 0.969. The van der Waals surface area contributed by atoms with Crippen molar-refractivity contribution in [2.45, 2.75) is 18.9 Å². The van der Waals surface area contributed by atoms with E-state index in [1.165, 1.54) is 0 Å². The van der Waals surface area contributed by atoms with Gasteiger partial charge in [-0.1, -0.05) is 13.0 Å². The molecule has 0 amide bonds. The van der Waals surface area contributed by atoms with Crippen LogP contribution >= 0.6 is 22.2 Å². The Morgan fingerprint density at radius 3 is 2.38 bits per heavy atom. The van der Waals surface area contributed by atoms with E-state index < -0.39 is 7.42 Å². The third kappa shape index (κ3) is 3.53. The van der Waals surface area contributed by atoms with E-state index in [4.69, 9.17) is 22.2 Å². The SMILES string of the molecule is C=CCC(C)[SiH](Cl)Cl. The van der Waals surface area contributed by atoms with Gasteiger partial charge in [-0.2, -0.15) is 22.2 Å². The molecule has 1 unspecified atom stereocenters. The van der Waals surface area contributed by atoms with E-state index in [-0.39, 0.29) is 0 Å². The van der Waals surface area contributed by atoms with Gasteiger partial charge in [0.2, 0.25) is 7.42 Å². The molecule has 1 atom stereocenters. The van der Waals surface area contributed by atoms with Crippen LogP contribution in [0.5, 0.6) is 0 Å². The monoisotopic (exact) mass is 168 g/mol. The van der Waals surface area contributed by atoms with Crippen LogP contribution in [0.25, 0.3) is 0 Å². The summed E-state index contributed by atoms with van der Waals surface area (Å²) in [6, 6.07) is 0. The summed E-state index contributed by atoms with van der Waals surface area (Å²) in [5.41, 5.74) is 0.468. The lowest BCUT2D eigenvalue weighted by atomic mass is 10.3. The van der Waals surface area contributed by atoms with Gasteiger partial charge in [-0.3, -0.25) is 0 Å². The predicted molar refractivity (Wildman–Crippen MR) is 43.1 cm³/mol. The molecule has 48 valence electrons. The van der Waals surface area contributed by atoms with Gasteiger partial charge < -0.3 is 0 Å². The standard InChI is InChI=1S/C5H10Cl2Si/c1-3-4-5(2)8(6)7/h3,5,8H,1,4H2,2H3. The highest BCUT2D eigenvalue weighted by Crippen LogP contribution is 2.19. The van der Waals surface area contributed by atoms with Crippen LogP contribution in [0.4, 0.5) is 0 Å². The first-order valence-corrected chi connectivity index (χ1v) is 6.73. The molecule has 0 aliphatic heterocycles. The van der Waals surface area contributed by atoms with Gasteiger partial charge in [0, 0.05) is 0 Å². The van der Waals surface area contributed by atoms with Gasteiger partial charge in [-0.25, -0.2) is 0 Å². The first-order valence-electron chi connectivity index (χ1n) is 2.57. The molecule has 0 aromatic rings. The topological polar surface area (TPSA) is 0 Å². The van der Waals surface area contributed by atoms with Gasteiger partial charge in [-0.05, 0) is 12.0 Å². The maximum atomic E-state index is 5.66. The minimum Gasteiger partial charge on any atom is -0.150 e. The minimum atomic E-state index is -1.41. The molecule has 0 N–H and O–H groups in total. The molecular formula is C5H10Cl2Si. The van der Waals surface area contributed by atoms with Crippen LogP contribution in [-0.2, 0) is 0 Å². The number of rotatable bonds is 3. The molecule has 0 nitrogen and oxygen atoms in total. The Morgan fingerprint density at radius 2 is 2.25 bits per heavy atom. The van der Waals surface area contributed by atoms with Crippen LogP contribution in [0.3, 0.4) is 0 Å². The van der Waals surface area contributed by atoms with Crippen LogP contribution in [0.2, 0.25) is 5.54 Å². The zero-order valence-electron chi connectivity index (χ0n) is 4.90. The molecule has 0 aromatic heterocycles. The zero-order chi connectivity index (χ0) is 6.57. The zero-order valence-corrected chi connectivity index (χ0v) is 7.57. The Morgan fingerprint density at radius 1 is 1.75 bits per heavy atom. The highest BCUT2D eigenvalue weighted by Gasteiger charge is 2.10. The van der Waals surface area contributed by atoms with Crippen molar-refractivity contribution < 1.29 is 0 Å². The van der Waals surface area contributed by atoms with E-state index in [0.717, 1.165) is 6.42 Å². The highest BCUT2D eigenvalue weighted by atomic mass is 35.7. The lowest BCUT2D eigenvalue weighted by Gasteiger charge is -2.04. The Balaban J connectivity index is 3.30. The highest BCUT2D eigenvalue weighted by molar-refractivity contribution is 7.34. The third-order valence-corrected chi connectivity index (χ3v) is 4.68. The normalized spacial score (nSPS) is 14.0. The molecular weight excluding hydrogens is 159 g/mol. The summed E-state index contributed by atoms with van der Waals surface area (Å²) in [6.07, 6.45) is 2.80. The molecule has 0 saturated carbocycles. The summed E-state index contributed by atoms with van der Waals surface area (Å²) in [5.74, 6) is 0. The van der Waals surface area contributed by atoms with Crippen molar-refractivity contribution in [2.75, 3.05) is 0 Å². The minimum absolute atomic E-state index is 0.468. The van der Waals surface area contributed by atoms with Gasteiger partial charge in [0.05, 0.1) is 0 Å². The summed E-state index contributed by atoms with van der Waals surface area (Å²) in [6.45, 7) is 5.64. The van der Waals surface area contributed by atoms with E-state index in [0.29, 0.717) is 5.54 Å². The molecule has 0 rings (SSSR count). The number of hydrogen-bond donors (Lipinski definition) is 0. The molecule has 0 aliphatic rings. The average molecular weight is 169 g/mol. The van der Waals surface area contributed by atoms with Gasteiger partial charge in [0.15, 0.2) is 0 Å². The smallest absolute Gasteiger partial charge is 0.150 e. The van der Waals surface area contributed by atoms with Gasteiger partial charge >= 0.3 is 0 Å². The quantitative estimate of drug-likeness (QED) is 0.346. The molecule has 8 heavy (non-hydrogen) atoms. The lowest BCUT2D eigenvalue weighted by Crippen LogP contribution is -2.00. The van der Waals surface area contributed by atoms with Gasteiger partial charge in [-0.15, -0.1) is 6.58 Å². The second-order valence-corrected chi connectivity index (χ2v) is 7.13. The first kappa shape index (κ1) is 8.54. The predicted octanol–water partition coefficient (Wildman–Crippen LogP) is 2.65. The fraction of sp³-hybridized carbons (Fsp3) is 0.600. The summed E-state index contributed by atoms with van der Waals surface area (Å²) in [7, 11) is -1.41. The largest absolute Gasteiger partial charge is 0.240 e. The fourth-order valence-corrected chi connectivity index (χ4v) is 1.38. The Kier molecular flexibility index (Phi) is 4.72. The maximum absolute atomic E-state index is 5.66. The van der Waals surface area contributed by atoms with Gasteiger partial charge in [0.1, 0.15) is 0 Å². The second-order valence-electron chi connectivity index (χ2n) is 1.84. The summed E-state index contributed by atoms with van der Waals surface area (Å²) in [5, 5.41) is 0. The van der Waals surface area contributed by atoms with Crippen molar-refractivity contribution >= 4 is 29.6 Å². The fourth-order valence-electron chi connectivity index (χ4n) is 0.366. The molecule has 0 aromatic carbocycles. The van der Waals surface area contributed by atoms with Crippen molar-refractivity contribution in [3.05, 3.63) is 12.7 Å². The van der Waals surface area contributed by atoms with E-state index in [9.17, 15) is 0 Å². The van der Waals surface area contributed by atoms with E-state index >= 15 is 0 Å². The van der Waals surface area contributed by atoms with Crippen LogP contribution in [0, 0.1) is 0 Å². The van der Waals surface area contributed by atoms with Crippen LogP contribution in [0.15, 0.2) is 12.7 Å². The van der Waals surface area contributed by atoms with Crippen molar-refractivity contribution in [3.8, 4) is 0 Å². The maximum Gasteiger partial charge on any atom is 0.240 e. The molecule has 0 aliphatic carbocycles. The average Bonchev–Trinajstić information content (AvgIpc) is 1.67. The molecule has 0 saturated heterocycles. The molecule has 0 spiro atoms. The van der Waals surface area contributed by atoms with Crippen molar-refractivity contribution in [1.29, 1.82) is 0 Å². The number of hydrogen-bond acceptors (Lipinski definition) is 0. The second kappa shape index (κ2) is 4.42.